The Hall–Kier alpha value is -1.61. The van der Waals surface area contributed by atoms with Crippen LogP contribution in [0.25, 0.3) is 0 Å². The lowest BCUT2D eigenvalue weighted by atomic mass is 10.1. The number of rotatable bonds is 4. The van der Waals surface area contributed by atoms with Gasteiger partial charge in [-0.15, -0.1) is 0 Å². The average molecular weight is 219 g/mol. The average Bonchev–Trinajstić information content (AvgIpc) is 2.26. The van der Waals surface area contributed by atoms with E-state index in [4.69, 9.17) is 0 Å². The van der Waals surface area contributed by atoms with Crippen LogP contribution in [-0.2, 0) is 4.79 Å². The molecule has 86 valence electrons. The van der Waals surface area contributed by atoms with Gasteiger partial charge in [0.25, 0.3) is 0 Å². The van der Waals surface area contributed by atoms with Crippen molar-refractivity contribution in [2.75, 3.05) is 6.61 Å². The van der Waals surface area contributed by atoms with Crippen molar-refractivity contribution < 1.29 is 9.90 Å². The summed E-state index contributed by atoms with van der Waals surface area (Å²) in [5.41, 5.74) is 1.84. The van der Waals surface area contributed by atoms with Crippen LogP contribution in [0.3, 0.4) is 0 Å². The Bertz CT molecular complexity index is 367. The van der Waals surface area contributed by atoms with Crippen molar-refractivity contribution in [3.05, 3.63) is 47.5 Å². The maximum Gasteiger partial charge on any atom is 0.244 e. The molecule has 2 N–H and O–H groups in total. The number of nitrogens with one attached hydrogen (secondary N) is 1. The highest BCUT2D eigenvalue weighted by Gasteiger charge is 2.11. The molecule has 0 fully saturated rings. The van der Waals surface area contributed by atoms with E-state index < -0.39 is 0 Å². The molecule has 3 heteroatoms. The minimum absolute atomic E-state index is 0.105. The molecule has 0 aliphatic rings. The summed E-state index contributed by atoms with van der Waals surface area (Å²) in [6.07, 6.45) is 1.52. The molecule has 3 nitrogen and oxygen atoms in total. The van der Waals surface area contributed by atoms with Gasteiger partial charge in [-0.2, -0.15) is 0 Å². The van der Waals surface area contributed by atoms with Crippen molar-refractivity contribution in [1.82, 2.24) is 5.32 Å². The lowest BCUT2D eigenvalue weighted by Crippen LogP contribution is -2.29. The summed E-state index contributed by atoms with van der Waals surface area (Å²) in [7, 11) is 0. The molecule has 1 atom stereocenters. The highest BCUT2D eigenvalue weighted by Crippen LogP contribution is 2.11. The number of carbonyl (C=O) groups excluding carboxylic acids is 1. The molecule has 0 bridgehead atoms. The van der Waals surface area contributed by atoms with Crippen LogP contribution in [0, 0.1) is 0 Å². The fraction of sp³-hybridized carbons (Fsp3) is 0.308. The number of aliphatic hydroxyl groups excluding tert-OH is 1. The van der Waals surface area contributed by atoms with Crippen molar-refractivity contribution in [3.63, 3.8) is 0 Å². The SMILES string of the molecule is CC(C)=CC(=O)N[C@@H](CO)c1ccccc1. The molecule has 0 saturated heterocycles. The number of allylic oxidation sites excluding steroid dienone is 1. The Kier molecular flexibility index (Phi) is 4.73. The summed E-state index contributed by atoms with van der Waals surface area (Å²) in [5, 5.41) is 12.0. The molecule has 0 aliphatic heterocycles. The van der Waals surface area contributed by atoms with Gasteiger partial charge in [0, 0.05) is 6.08 Å². The summed E-state index contributed by atoms with van der Waals surface area (Å²) in [6, 6.07) is 9.07. The Labute approximate surface area is 95.8 Å². The molecule has 16 heavy (non-hydrogen) atoms. The van der Waals surface area contributed by atoms with E-state index in [1.165, 1.54) is 6.08 Å². The van der Waals surface area contributed by atoms with Crippen LogP contribution in [0.15, 0.2) is 42.0 Å². The van der Waals surface area contributed by atoms with Crippen molar-refractivity contribution in [2.24, 2.45) is 0 Å². The Morgan fingerprint density at radius 3 is 2.50 bits per heavy atom. The molecular formula is C13H17NO2. The quantitative estimate of drug-likeness (QED) is 0.759. The predicted molar refractivity (Wildman–Crippen MR) is 63.8 cm³/mol. The molecule has 0 heterocycles. The van der Waals surface area contributed by atoms with E-state index in [-0.39, 0.29) is 18.6 Å². The maximum absolute atomic E-state index is 11.5. The lowest BCUT2D eigenvalue weighted by Gasteiger charge is -2.15. The van der Waals surface area contributed by atoms with E-state index in [9.17, 15) is 9.90 Å². The van der Waals surface area contributed by atoms with Gasteiger partial charge in [0.1, 0.15) is 0 Å². The van der Waals surface area contributed by atoms with Crippen LogP contribution in [0.4, 0.5) is 0 Å². The van der Waals surface area contributed by atoms with Crippen LogP contribution in [0.2, 0.25) is 0 Å². The largest absolute Gasteiger partial charge is 0.394 e. The van der Waals surface area contributed by atoms with Gasteiger partial charge in [-0.05, 0) is 19.4 Å². The van der Waals surface area contributed by atoms with Crippen LogP contribution in [-0.4, -0.2) is 17.6 Å². The summed E-state index contributed by atoms with van der Waals surface area (Å²) >= 11 is 0. The zero-order valence-corrected chi connectivity index (χ0v) is 9.60. The van der Waals surface area contributed by atoms with Crippen LogP contribution < -0.4 is 5.32 Å². The Morgan fingerprint density at radius 1 is 1.38 bits per heavy atom. The van der Waals surface area contributed by atoms with Gasteiger partial charge < -0.3 is 10.4 Å². The first-order valence-electron chi connectivity index (χ1n) is 5.24. The second-order valence-corrected chi connectivity index (χ2v) is 3.88. The van der Waals surface area contributed by atoms with Crippen molar-refractivity contribution in [1.29, 1.82) is 0 Å². The molecule has 1 amide bonds. The fourth-order valence-corrected chi connectivity index (χ4v) is 1.40. The summed E-state index contributed by atoms with van der Waals surface area (Å²) in [5.74, 6) is -0.178. The van der Waals surface area contributed by atoms with E-state index in [2.05, 4.69) is 5.32 Å². The third-order valence-corrected chi connectivity index (χ3v) is 2.12. The van der Waals surface area contributed by atoms with Crippen LogP contribution >= 0.6 is 0 Å². The highest BCUT2D eigenvalue weighted by molar-refractivity contribution is 5.88. The zero-order valence-electron chi connectivity index (χ0n) is 9.60. The van der Waals surface area contributed by atoms with E-state index in [1.807, 2.05) is 44.2 Å². The second-order valence-electron chi connectivity index (χ2n) is 3.88. The first-order chi connectivity index (χ1) is 7.63. The highest BCUT2D eigenvalue weighted by atomic mass is 16.3. The van der Waals surface area contributed by atoms with Gasteiger partial charge >= 0.3 is 0 Å². The van der Waals surface area contributed by atoms with Gasteiger partial charge in [-0.25, -0.2) is 0 Å². The van der Waals surface area contributed by atoms with Gasteiger partial charge in [-0.1, -0.05) is 35.9 Å². The molecular weight excluding hydrogens is 202 g/mol. The molecule has 1 rings (SSSR count). The van der Waals surface area contributed by atoms with E-state index in [1.54, 1.807) is 0 Å². The number of amides is 1. The normalized spacial score (nSPS) is 11.7. The number of hydrogen-bond donors (Lipinski definition) is 2. The molecule has 0 radical (unpaired) electrons. The summed E-state index contributed by atoms with van der Waals surface area (Å²) in [6.45, 7) is 3.61. The standard InChI is InChI=1S/C13H17NO2/c1-10(2)8-13(16)14-12(9-15)11-6-4-3-5-7-11/h3-8,12,15H,9H2,1-2H3,(H,14,16)/t12-/m0/s1. The van der Waals surface area contributed by atoms with E-state index in [0.717, 1.165) is 11.1 Å². The molecule has 0 unspecified atom stereocenters. The third kappa shape index (κ3) is 3.87. The van der Waals surface area contributed by atoms with Gasteiger partial charge in [-0.3, -0.25) is 4.79 Å². The minimum atomic E-state index is -0.343. The molecule has 0 spiro atoms. The van der Waals surface area contributed by atoms with Crippen molar-refractivity contribution in [2.45, 2.75) is 19.9 Å². The molecule has 0 saturated carbocycles. The monoisotopic (exact) mass is 219 g/mol. The number of carbonyl (C=O) groups is 1. The van der Waals surface area contributed by atoms with Gasteiger partial charge in [0.2, 0.25) is 5.91 Å². The lowest BCUT2D eigenvalue weighted by molar-refractivity contribution is -0.117. The second kappa shape index (κ2) is 6.08. The summed E-state index contributed by atoms with van der Waals surface area (Å²) in [4.78, 5) is 11.5. The zero-order chi connectivity index (χ0) is 12.0. The maximum atomic E-state index is 11.5. The Balaban J connectivity index is 2.70. The van der Waals surface area contributed by atoms with Gasteiger partial charge in [0.15, 0.2) is 0 Å². The number of aliphatic hydroxyl groups is 1. The summed E-state index contributed by atoms with van der Waals surface area (Å²) < 4.78 is 0. The predicted octanol–water partition coefficient (Wildman–Crippen LogP) is 1.80. The van der Waals surface area contributed by atoms with E-state index >= 15 is 0 Å². The number of hydrogen-bond acceptors (Lipinski definition) is 2. The fourth-order valence-electron chi connectivity index (χ4n) is 1.40. The molecule has 1 aromatic rings. The Morgan fingerprint density at radius 2 is 2.00 bits per heavy atom. The van der Waals surface area contributed by atoms with Crippen molar-refractivity contribution in [3.8, 4) is 0 Å². The smallest absolute Gasteiger partial charge is 0.244 e. The van der Waals surface area contributed by atoms with Crippen molar-refractivity contribution >= 4 is 5.91 Å². The molecule has 0 aromatic heterocycles. The minimum Gasteiger partial charge on any atom is -0.394 e. The molecule has 1 aromatic carbocycles. The number of benzene rings is 1. The van der Waals surface area contributed by atoms with Gasteiger partial charge in [0.05, 0.1) is 12.6 Å². The van der Waals surface area contributed by atoms with Crippen LogP contribution in [0.1, 0.15) is 25.5 Å². The first kappa shape index (κ1) is 12.5. The third-order valence-electron chi connectivity index (χ3n) is 2.12. The molecule has 0 aliphatic carbocycles. The van der Waals surface area contributed by atoms with E-state index in [0.29, 0.717) is 0 Å². The first-order valence-corrected chi connectivity index (χ1v) is 5.24. The van der Waals surface area contributed by atoms with Crippen LogP contribution in [0.5, 0.6) is 0 Å². The topological polar surface area (TPSA) is 49.3 Å².